The second-order valence-electron chi connectivity index (χ2n) is 3.22. The Bertz CT molecular complexity index is 354. The summed E-state index contributed by atoms with van der Waals surface area (Å²) in [5.74, 6) is 5.61. The lowest BCUT2D eigenvalue weighted by Crippen LogP contribution is -2.38. The van der Waals surface area contributed by atoms with E-state index >= 15 is 0 Å². The van der Waals surface area contributed by atoms with Crippen molar-refractivity contribution < 1.29 is 0 Å². The third kappa shape index (κ3) is 5.63. The van der Waals surface area contributed by atoms with Gasteiger partial charge in [0.1, 0.15) is 5.82 Å². The summed E-state index contributed by atoms with van der Waals surface area (Å²) in [5.41, 5.74) is 11.0. The molecule has 0 spiro atoms. The molecule has 0 aliphatic rings. The fourth-order valence-corrected chi connectivity index (χ4v) is 1.01. The highest BCUT2D eigenvalue weighted by atomic mass is 15.4. The minimum atomic E-state index is 0.475. The number of nitrogens with two attached hydrogens (primary N) is 1. The number of hydrogen-bond acceptors (Lipinski definition) is 4. The van der Waals surface area contributed by atoms with Crippen LogP contribution in [0.4, 0.5) is 0 Å². The van der Waals surface area contributed by atoms with Crippen LogP contribution in [0.25, 0.3) is 5.70 Å². The van der Waals surface area contributed by atoms with Crippen molar-refractivity contribution in [3.8, 4) is 0 Å². The lowest BCUT2D eigenvalue weighted by Gasteiger charge is -2.13. The van der Waals surface area contributed by atoms with Crippen LogP contribution in [0.15, 0.2) is 43.2 Å². The fraction of sp³-hybridized carbons (Fsp3) is 0.231. The zero-order chi connectivity index (χ0) is 13.3. The van der Waals surface area contributed by atoms with E-state index in [2.05, 4.69) is 29.4 Å². The average Bonchev–Trinajstić information content (AvgIpc) is 2.38. The largest absolute Gasteiger partial charge is 0.309 e. The normalized spacial score (nSPS) is 8.47. The fourth-order valence-electron chi connectivity index (χ4n) is 1.01. The molecule has 0 saturated heterocycles. The van der Waals surface area contributed by atoms with Gasteiger partial charge in [-0.25, -0.2) is 5.84 Å². The Labute approximate surface area is 104 Å². The van der Waals surface area contributed by atoms with E-state index in [1.807, 2.05) is 45.0 Å². The molecule has 94 valence electrons. The molecule has 0 radical (unpaired) electrons. The van der Waals surface area contributed by atoms with Gasteiger partial charge in [-0.3, -0.25) is 10.9 Å². The van der Waals surface area contributed by atoms with Gasteiger partial charge >= 0.3 is 0 Å². The average molecular weight is 234 g/mol. The van der Waals surface area contributed by atoms with Crippen LogP contribution >= 0.6 is 0 Å². The van der Waals surface area contributed by atoms with Crippen molar-refractivity contribution in [1.82, 2.24) is 16.3 Å². The molecule has 0 aromatic heterocycles. The molecule has 0 fully saturated rings. The van der Waals surface area contributed by atoms with E-state index in [9.17, 15) is 0 Å². The van der Waals surface area contributed by atoms with E-state index in [1.165, 1.54) is 5.56 Å². The molecule has 0 bridgehead atoms. The van der Waals surface area contributed by atoms with Crippen molar-refractivity contribution in [3.63, 3.8) is 0 Å². The maximum atomic E-state index is 5.14. The third-order valence-corrected chi connectivity index (χ3v) is 1.94. The van der Waals surface area contributed by atoms with Crippen molar-refractivity contribution in [2.45, 2.75) is 20.8 Å². The van der Waals surface area contributed by atoms with Gasteiger partial charge in [0.15, 0.2) is 0 Å². The molecule has 0 unspecified atom stereocenters. The number of nitrogens with one attached hydrogen (secondary N) is 3. The molecule has 0 amide bonds. The third-order valence-electron chi connectivity index (χ3n) is 1.94. The number of hydrogen-bond donors (Lipinski definition) is 4. The molecule has 17 heavy (non-hydrogen) atoms. The predicted molar refractivity (Wildman–Crippen MR) is 74.3 cm³/mol. The maximum absolute atomic E-state index is 5.14. The second-order valence-corrected chi connectivity index (χ2v) is 3.22. The molecule has 4 heteroatoms. The van der Waals surface area contributed by atoms with Crippen LogP contribution in [0.5, 0.6) is 0 Å². The molecular formula is C13H22N4. The SMILES string of the molecule is C=C(NN)NNC(=C)c1ccc(C)cc1.CC. The van der Waals surface area contributed by atoms with E-state index in [0.29, 0.717) is 5.82 Å². The van der Waals surface area contributed by atoms with E-state index in [-0.39, 0.29) is 0 Å². The summed E-state index contributed by atoms with van der Waals surface area (Å²) in [5, 5.41) is 0. The highest BCUT2D eigenvalue weighted by Crippen LogP contribution is 2.09. The van der Waals surface area contributed by atoms with Gasteiger partial charge in [0, 0.05) is 0 Å². The smallest absolute Gasteiger partial charge is 0.124 e. The van der Waals surface area contributed by atoms with Crippen LogP contribution in [0, 0.1) is 6.92 Å². The van der Waals surface area contributed by atoms with Gasteiger partial charge in [0.05, 0.1) is 5.70 Å². The zero-order valence-corrected chi connectivity index (χ0v) is 10.8. The number of rotatable bonds is 5. The Morgan fingerprint density at radius 1 is 1.06 bits per heavy atom. The summed E-state index contributed by atoms with van der Waals surface area (Å²) >= 11 is 0. The van der Waals surface area contributed by atoms with Crippen molar-refractivity contribution in [1.29, 1.82) is 0 Å². The number of aryl methyl sites for hydroxylation is 1. The van der Waals surface area contributed by atoms with Gasteiger partial charge in [0.2, 0.25) is 0 Å². The minimum Gasteiger partial charge on any atom is -0.309 e. The molecule has 1 aromatic rings. The maximum Gasteiger partial charge on any atom is 0.124 e. The predicted octanol–water partition coefficient (Wildman–Crippen LogP) is 2.02. The standard InChI is InChI=1S/C11H16N4.C2H6/c1-8-4-6-11(7-5-8)9(2)14-15-10(3)13-12;1-2/h4-7,13-15H,2-3,12H2,1H3;1-2H3. The van der Waals surface area contributed by atoms with Crippen molar-refractivity contribution in [3.05, 3.63) is 54.4 Å². The molecule has 0 atom stereocenters. The van der Waals surface area contributed by atoms with Gasteiger partial charge in [-0.2, -0.15) is 0 Å². The Hall–Kier alpha value is -1.94. The Morgan fingerprint density at radius 2 is 1.59 bits per heavy atom. The number of hydrazine groups is 2. The first-order chi connectivity index (χ1) is 8.13. The van der Waals surface area contributed by atoms with Crippen LogP contribution in [-0.4, -0.2) is 0 Å². The molecule has 0 heterocycles. The highest BCUT2D eigenvalue weighted by molar-refractivity contribution is 5.61. The first-order valence-electron chi connectivity index (χ1n) is 5.57. The molecule has 0 aliphatic carbocycles. The van der Waals surface area contributed by atoms with Crippen LogP contribution in [-0.2, 0) is 0 Å². The Morgan fingerprint density at radius 3 is 2.06 bits per heavy atom. The van der Waals surface area contributed by atoms with Gasteiger partial charge in [-0.1, -0.05) is 56.8 Å². The quantitative estimate of drug-likeness (QED) is 0.465. The van der Waals surface area contributed by atoms with Gasteiger partial charge in [-0.15, -0.1) is 0 Å². The number of benzene rings is 1. The van der Waals surface area contributed by atoms with E-state index in [0.717, 1.165) is 11.3 Å². The van der Waals surface area contributed by atoms with Crippen molar-refractivity contribution >= 4 is 5.70 Å². The summed E-state index contributed by atoms with van der Waals surface area (Å²) in [6, 6.07) is 8.03. The van der Waals surface area contributed by atoms with Gasteiger partial charge < -0.3 is 5.43 Å². The second kappa shape index (κ2) is 8.24. The monoisotopic (exact) mass is 234 g/mol. The van der Waals surface area contributed by atoms with E-state index < -0.39 is 0 Å². The van der Waals surface area contributed by atoms with Crippen LogP contribution in [0.1, 0.15) is 25.0 Å². The molecule has 4 nitrogen and oxygen atoms in total. The lowest BCUT2D eigenvalue weighted by atomic mass is 10.1. The minimum absolute atomic E-state index is 0.475. The summed E-state index contributed by atoms with van der Waals surface area (Å²) in [6.45, 7) is 13.5. The summed E-state index contributed by atoms with van der Waals surface area (Å²) in [4.78, 5) is 0. The first-order valence-corrected chi connectivity index (χ1v) is 5.57. The van der Waals surface area contributed by atoms with Crippen LogP contribution < -0.4 is 22.1 Å². The van der Waals surface area contributed by atoms with E-state index in [1.54, 1.807) is 0 Å². The van der Waals surface area contributed by atoms with Crippen molar-refractivity contribution in [2.75, 3.05) is 0 Å². The molecule has 5 N–H and O–H groups in total. The molecule has 0 saturated carbocycles. The van der Waals surface area contributed by atoms with Crippen LogP contribution in [0.2, 0.25) is 0 Å². The molecule has 0 aliphatic heterocycles. The van der Waals surface area contributed by atoms with E-state index in [4.69, 9.17) is 5.84 Å². The topological polar surface area (TPSA) is 62.1 Å². The lowest BCUT2D eigenvalue weighted by molar-refractivity contribution is 0.669. The molecular weight excluding hydrogens is 212 g/mol. The van der Waals surface area contributed by atoms with Crippen LogP contribution in [0.3, 0.4) is 0 Å². The summed E-state index contributed by atoms with van der Waals surface area (Å²) in [6.07, 6.45) is 0. The molecule has 1 aromatic carbocycles. The first kappa shape index (κ1) is 15.1. The molecule has 1 rings (SSSR count). The van der Waals surface area contributed by atoms with Gasteiger partial charge in [0.25, 0.3) is 0 Å². The van der Waals surface area contributed by atoms with Gasteiger partial charge in [-0.05, 0) is 12.5 Å². The Kier molecular flexibility index (Phi) is 7.30. The summed E-state index contributed by atoms with van der Waals surface area (Å²) in [7, 11) is 0. The Balaban J connectivity index is 0.00000121. The van der Waals surface area contributed by atoms with Crippen molar-refractivity contribution in [2.24, 2.45) is 5.84 Å². The zero-order valence-electron chi connectivity index (χ0n) is 10.8. The highest BCUT2D eigenvalue weighted by Gasteiger charge is 1.97. The summed E-state index contributed by atoms with van der Waals surface area (Å²) < 4.78 is 0.